The van der Waals surface area contributed by atoms with Gasteiger partial charge >= 0.3 is 5.97 Å². The van der Waals surface area contributed by atoms with Gasteiger partial charge in [0.2, 0.25) is 0 Å². The largest absolute Gasteiger partial charge is 0.478 e. The second-order valence-electron chi connectivity index (χ2n) is 4.34. The fourth-order valence-corrected chi connectivity index (χ4v) is 3.02. The lowest BCUT2D eigenvalue weighted by atomic mass is 10.2. The predicted molar refractivity (Wildman–Crippen MR) is 76.5 cm³/mol. The number of rotatable bonds is 3. The maximum atomic E-state index is 11.2. The lowest BCUT2D eigenvalue weighted by Gasteiger charge is -2.09. The molecule has 1 aromatic carbocycles. The Labute approximate surface area is 116 Å². The zero-order valence-electron chi connectivity index (χ0n) is 11.0. The van der Waals surface area contributed by atoms with E-state index in [0.29, 0.717) is 5.56 Å². The van der Waals surface area contributed by atoms with E-state index in [2.05, 4.69) is 10.3 Å². The van der Waals surface area contributed by atoms with Crippen molar-refractivity contribution in [2.75, 3.05) is 13.1 Å². The average Bonchev–Trinajstić information content (AvgIpc) is 2.54. The van der Waals surface area contributed by atoms with Crippen LogP contribution in [0.1, 0.15) is 24.2 Å². The Morgan fingerprint density at radius 2 is 2.11 bits per heavy atom. The quantitative estimate of drug-likeness (QED) is 0.766. The van der Waals surface area contributed by atoms with Gasteiger partial charge in [-0.15, -0.1) is 0 Å². The zero-order chi connectivity index (χ0) is 13.8. The Morgan fingerprint density at radius 3 is 2.84 bits per heavy atom. The molecule has 0 radical (unpaired) electrons. The van der Waals surface area contributed by atoms with Crippen LogP contribution in [0, 0.1) is 0 Å². The van der Waals surface area contributed by atoms with Crippen molar-refractivity contribution in [2.24, 2.45) is 0 Å². The minimum absolute atomic E-state index is 0.338. The topological polar surface area (TPSA) is 63.3 Å². The molecule has 19 heavy (non-hydrogen) atoms. The summed E-state index contributed by atoms with van der Waals surface area (Å²) in [5, 5.41) is 12.5. The minimum Gasteiger partial charge on any atom is -0.478 e. The van der Waals surface area contributed by atoms with Crippen molar-refractivity contribution in [3.8, 4) is 0 Å². The van der Waals surface area contributed by atoms with Gasteiger partial charge in [0.15, 0.2) is 12.3 Å². The van der Waals surface area contributed by atoms with E-state index in [0.717, 1.165) is 34.3 Å². The first kappa shape index (κ1) is 13.7. The molecule has 1 heterocycles. The molecule has 4 nitrogen and oxygen atoms in total. The molecule has 0 spiro atoms. The van der Waals surface area contributed by atoms with Gasteiger partial charge in [-0.3, -0.25) is 0 Å². The maximum Gasteiger partial charge on any atom is 0.336 e. The summed E-state index contributed by atoms with van der Waals surface area (Å²) in [5.74, 6) is -0.895. The van der Waals surface area contributed by atoms with Crippen molar-refractivity contribution >= 4 is 23.4 Å². The van der Waals surface area contributed by atoms with E-state index in [1.165, 1.54) is 11.8 Å². The smallest absolute Gasteiger partial charge is 0.336 e. The van der Waals surface area contributed by atoms with Crippen molar-refractivity contribution in [1.29, 1.82) is 0 Å². The third-order valence-electron chi connectivity index (χ3n) is 2.92. The van der Waals surface area contributed by atoms with Crippen LogP contribution < -0.4 is 10.3 Å². The Kier molecular flexibility index (Phi) is 4.27. The molecule has 0 aliphatic carbocycles. The van der Waals surface area contributed by atoms with Gasteiger partial charge in [0, 0.05) is 17.5 Å². The van der Waals surface area contributed by atoms with Gasteiger partial charge in [-0.1, -0.05) is 23.9 Å². The van der Waals surface area contributed by atoms with Crippen LogP contribution in [0.15, 0.2) is 39.8 Å². The zero-order valence-corrected chi connectivity index (χ0v) is 11.8. The number of benzene rings is 1. The van der Waals surface area contributed by atoms with Gasteiger partial charge in [-0.05, 0) is 19.1 Å². The Hall–Kier alpha value is -1.75. The minimum atomic E-state index is -0.895. The van der Waals surface area contributed by atoms with Gasteiger partial charge < -0.3 is 10.4 Å². The van der Waals surface area contributed by atoms with Crippen LogP contribution in [-0.4, -0.2) is 29.9 Å². The number of aromatic carboxylic acids is 1. The van der Waals surface area contributed by atoms with Crippen LogP contribution in [0.25, 0.3) is 0 Å². The fraction of sp³-hybridized carbons (Fsp3) is 0.286. The number of carbonyl (C=O) groups is 1. The summed E-state index contributed by atoms with van der Waals surface area (Å²) in [6.45, 7) is 5.77. The molecule has 2 rings (SSSR count). The summed E-state index contributed by atoms with van der Waals surface area (Å²) in [6.07, 6.45) is 0. The number of hydrogen-bond acceptors (Lipinski definition) is 3. The highest BCUT2D eigenvalue weighted by molar-refractivity contribution is 8.04. The van der Waals surface area contributed by atoms with Crippen LogP contribution in [0.2, 0.25) is 0 Å². The SMILES string of the molecule is CC1=[NH+]CCNC(C)=C1Sc1ccccc1C(=O)O. The first-order valence-electron chi connectivity index (χ1n) is 6.12. The summed E-state index contributed by atoms with van der Waals surface area (Å²) in [4.78, 5) is 16.4. The molecule has 0 atom stereocenters. The number of carboxylic acid groups (broad SMARTS) is 1. The van der Waals surface area contributed by atoms with Gasteiger partial charge in [0.1, 0.15) is 0 Å². The molecule has 0 fully saturated rings. The third-order valence-corrected chi connectivity index (χ3v) is 4.31. The number of allylic oxidation sites excluding steroid dienone is 2. The average molecular weight is 277 g/mol. The molecular weight excluding hydrogens is 260 g/mol. The molecule has 0 saturated carbocycles. The molecule has 0 aromatic heterocycles. The monoisotopic (exact) mass is 277 g/mol. The van der Waals surface area contributed by atoms with E-state index in [1.807, 2.05) is 26.0 Å². The van der Waals surface area contributed by atoms with Crippen molar-refractivity contribution in [3.05, 3.63) is 40.4 Å². The highest BCUT2D eigenvalue weighted by atomic mass is 32.2. The molecule has 1 aliphatic rings. The fourth-order valence-electron chi connectivity index (χ4n) is 1.94. The normalized spacial score (nSPS) is 15.6. The molecule has 1 aromatic rings. The van der Waals surface area contributed by atoms with E-state index in [9.17, 15) is 9.90 Å². The maximum absolute atomic E-state index is 11.2. The molecule has 1 aliphatic heterocycles. The highest BCUT2D eigenvalue weighted by Crippen LogP contribution is 2.31. The number of nitrogens with one attached hydrogen (secondary N) is 2. The van der Waals surface area contributed by atoms with Crippen molar-refractivity contribution in [1.82, 2.24) is 5.32 Å². The molecule has 0 amide bonds. The molecule has 100 valence electrons. The summed E-state index contributed by atoms with van der Waals surface area (Å²) in [6, 6.07) is 7.08. The van der Waals surface area contributed by atoms with Gasteiger partial charge in [-0.2, -0.15) is 0 Å². The predicted octanol–water partition coefficient (Wildman–Crippen LogP) is 0.853. The summed E-state index contributed by atoms with van der Waals surface area (Å²) in [5.41, 5.74) is 2.49. The summed E-state index contributed by atoms with van der Waals surface area (Å²) in [7, 11) is 0. The summed E-state index contributed by atoms with van der Waals surface area (Å²) >= 11 is 1.49. The first-order chi connectivity index (χ1) is 9.09. The van der Waals surface area contributed by atoms with Gasteiger partial charge in [0.05, 0.1) is 17.0 Å². The third kappa shape index (κ3) is 3.17. The molecule has 5 heteroatoms. The van der Waals surface area contributed by atoms with E-state index >= 15 is 0 Å². The van der Waals surface area contributed by atoms with E-state index in [-0.39, 0.29) is 0 Å². The Morgan fingerprint density at radius 1 is 1.37 bits per heavy atom. The summed E-state index contributed by atoms with van der Waals surface area (Å²) < 4.78 is 0. The van der Waals surface area contributed by atoms with Crippen LogP contribution in [0.5, 0.6) is 0 Å². The Balaban J connectivity index is 2.37. The second-order valence-corrected chi connectivity index (χ2v) is 5.39. The van der Waals surface area contributed by atoms with Gasteiger partial charge in [-0.25, -0.2) is 9.79 Å². The number of hydrogen-bond donors (Lipinski definition) is 3. The van der Waals surface area contributed by atoms with Crippen molar-refractivity contribution in [3.63, 3.8) is 0 Å². The molecule has 0 bridgehead atoms. The lowest BCUT2D eigenvalue weighted by molar-refractivity contribution is -0.453. The van der Waals surface area contributed by atoms with Crippen LogP contribution >= 0.6 is 11.8 Å². The molecule has 3 N–H and O–H groups in total. The van der Waals surface area contributed by atoms with E-state index in [4.69, 9.17) is 0 Å². The molecule has 0 unspecified atom stereocenters. The van der Waals surface area contributed by atoms with E-state index in [1.54, 1.807) is 12.1 Å². The van der Waals surface area contributed by atoms with Gasteiger partial charge in [0.25, 0.3) is 0 Å². The highest BCUT2D eigenvalue weighted by Gasteiger charge is 2.19. The standard InChI is InChI=1S/C14H16N2O2S/c1-9-13(10(2)16-8-7-15-9)19-12-6-4-3-5-11(12)14(17)18/h3-6,15H,7-8H2,1-2H3,(H,17,18)/p+1. The Bertz CT molecular complexity index is 564. The lowest BCUT2D eigenvalue weighted by Crippen LogP contribution is -2.73. The second kappa shape index (κ2) is 5.93. The molecular formula is C14H17N2O2S+. The number of carboxylic acids is 1. The number of thioether (sulfide) groups is 1. The van der Waals surface area contributed by atoms with Crippen LogP contribution in [-0.2, 0) is 0 Å². The first-order valence-corrected chi connectivity index (χ1v) is 6.94. The van der Waals surface area contributed by atoms with E-state index < -0.39 is 5.97 Å². The van der Waals surface area contributed by atoms with Crippen LogP contribution in [0.3, 0.4) is 0 Å². The molecule has 0 saturated heterocycles. The van der Waals surface area contributed by atoms with Crippen LogP contribution in [0.4, 0.5) is 0 Å². The van der Waals surface area contributed by atoms with Crippen molar-refractivity contribution < 1.29 is 14.9 Å². The van der Waals surface area contributed by atoms with Crippen molar-refractivity contribution in [2.45, 2.75) is 18.7 Å².